The zero-order valence-electron chi connectivity index (χ0n) is 17.6. The summed E-state index contributed by atoms with van der Waals surface area (Å²) in [6.07, 6.45) is 7.61. The van der Waals surface area contributed by atoms with E-state index in [9.17, 15) is 4.79 Å². The second kappa shape index (κ2) is 8.13. The minimum atomic E-state index is -0.0379. The van der Waals surface area contributed by atoms with Gasteiger partial charge in [-0.25, -0.2) is 0 Å². The molecule has 156 valence electrons. The van der Waals surface area contributed by atoms with E-state index in [1.54, 1.807) is 17.1 Å². The van der Waals surface area contributed by atoms with Crippen LogP contribution in [0, 0.1) is 0 Å². The van der Waals surface area contributed by atoms with E-state index in [-0.39, 0.29) is 11.5 Å². The summed E-state index contributed by atoms with van der Waals surface area (Å²) < 4.78 is 8.02. The van der Waals surface area contributed by atoms with Crippen molar-refractivity contribution in [2.45, 2.75) is 57.2 Å². The van der Waals surface area contributed by atoms with E-state index in [4.69, 9.17) is 4.74 Å². The summed E-state index contributed by atoms with van der Waals surface area (Å²) in [5, 5.41) is 4.13. The van der Waals surface area contributed by atoms with Gasteiger partial charge in [0.1, 0.15) is 0 Å². The molecule has 0 saturated carbocycles. The van der Waals surface area contributed by atoms with Crippen molar-refractivity contribution < 1.29 is 9.53 Å². The number of rotatable bonds is 3. The molecule has 0 radical (unpaired) electrons. The largest absolute Gasteiger partial charge is 0.375 e. The molecule has 4 rings (SSSR count). The molecule has 0 aromatic carbocycles. The van der Waals surface area contributed by atoms with E-state index in [2.05, 4.69) is 28.7 Å². The van der Waals surface area contributed by atoms with Crippen LogP contribution in [-0.2, 0) is 11.8 Å². The first-order chi connectivity index (χ1) is 13.5. The standard InChI is InChI=1S/C21H35N5O2/c1-17(2)24-9-11-25(12-10-24)19-4-13-28-21(14-19)5-7-26(8-6-21)20(27)18-15-22-23(3)16-18/h15-17,19H,4-14H2,1-3H3/t19-/m0/s1. The Hall–Kier alpha value is -1.44. The van der Waals surface area contributed by atoms with Gasteiger partial charge in [0.25, 0.3) is 5.91 Å². The summed E-state index contributed by atoms with van der Waals surface area (Å²) in [5.74, 6) is 0.0973. The van der Waals surface area contributed by atoms with Crippen molar-refractivity contribution in [2.24, 2.45) is 7.05 Å². The average Bonchev–Trinajstić information content (AvgIpc) is 3.14. The van der Waals surface area contributed by atoms with Crippen molar-refractivity contribution in [2.75, 3.05) is 45.9 Å². The van der Waals surface area contributed by atoms with Crippen LogP contribution < -0.4 is 0 Å². The highest BCUT2D eigenvalue weighted by atomic mass is 16.5. The van der Waals surface area contributed by atoms with Crippen LogP contribution in [0.15, 0.2) is 12.4 Å². The van der Waals surface area contributed by atoms with Crippen LogP contribution in [0.5, 0.6) is 0 Å². The summed E-state index contributed by atoms with van der Waals surface area (Å²) >= 11 is 0. The molecule has 0 unspecified atom stereocenters. The Morgan fingerprint density at radius 3 is 2.50 bits per heavy atom. The Morgan fingerprint density at radius 2 is 1.89 bits per heavy atom. The van der Waals surface area contributed by atoms with E-state index in [0.29, 0.717) is 17.6 Å². The molecular formula is C21H35N5O2. The number of likely N-dealkylation sites (tertiary alicyclic amines) is 1. The van der Waals surface area contributed by atoms with Gasteiger partial charge < -0.3 is 9.64 Å². The number of nitrogens with zero attached hydrogens (tertiary/aromatic N) is 5. The minimum absolute atomic E-state index is 0.0379. The number of hydrogen-bond acceptors (Lipinski definition) is 5. The smallest absolute Gasteiger partial charge is 0.257 e. The number of ether oxygens (including phenoxy) is 1. The van der Waals surface area contributed by atoms with E-state index in [1.807, 2.05) is 11.9 Å². The topological polar surface area (TPSA) is 53.8 Å². The molecule has 3 aliphatic heterocycles. The summed E-state index contributed by atoms with van der Waals surface area (Å²) in [5.41, 5.74) is 0.646. The molecule has 28 heavy (non-hydrogen) atoms. The molecule has 0 aliphatic carbocycles. The molecule has 0 N–H and O–H groups in total. The zero-order chi connectivity index (χ0) is 19.7. The van der Waals surface area contributed by atoms with Crippen LogP contribution in [0.25, 0.3) is 0 Å². The number of amides is 1. The van der Waals surface area contributed by atoms with Gasteiger partial charge in [-0.15, -0.1) is 0 Å². The molecule has 0 bridgehead atoms. The Bertz CT molecular complexity index is 672. The van der Waals surface area contributed by atoms with Crippen molar-refractivity contribution in [1.82, 2.24) is 24.5 Å². The van der Waals surface area contributed by atoms with Crippen LogP contribution in [0.1, 0.15) is 49.9 Å². The summed E-state index contributed by atoms with van der Waals surface area (Å²) in [4.78, 5) is 19.9. The molecular weight excluding hydrogens is 354 g/mol. The van der Waals surface area contributed by atoms with Crippen LogP contribution in [0.4, 0.5) is 0 Å². The molecule has 7 heteroatoms. The maximum absolute atomic E-state index is 12.7. The fraction of sp³-hybridized carbons (Fsp3) is 0.810. The lowest BCUT2D eigenvalue weighted by atomic mass is 9.81. The monoisotopic (exact) mass is 389 g/mol. The van der Waals surface area contributed by atoms with Crippen LogP contribution in [-0.4, -0.2) is 93.9 Å². The number of piperidine rings is 1. The van der Waals surface area contributed by atoms with E-state index in [0.717, 1.165) is 45.4 Å². The molecule has 1 amide bonds. The highest BCUT2D eigenvalue weighted by molar-refractivity contribution is 5.93. The van der Waals surface area contributed by atoms with Gasteiger partial charge in [0.05, 0.1) is 17.4 Å². The normalized spacial score (nSPS) is 26.9. The van der Waals surface area contributed by atoms with Crippen molar-refractivity contribution in [3.05, 3.63) is 18.0 Å². The first-order valence-electron chi connectivity index (χ1n) is 10.9. The van der Waals surface area contributed by atoms with Gasteiger partial charge in [0.2, 0.25) is 0 Å². The third-order valence-corrected chi connectivity index (χ3v) is 6.98. The van der Waals surface area contributed by atoms with Crippen LogP contribution in [0.3, 0.4) is 0 Å². The Morgan fingerprint density at radius 1 is 1.18 bits per heavy atom. The van der Waals surface area contributed by atoms with E-state index in [1.165, 1.54) is 26.2 Å². The summed E-state index contributed by atoms with van der Waals surface area (Å²) in [6, 6.07) is 1.27. The van der Waals surface area contributed by atoms with Gasteiger partial charge in [-0.3, -0.25) is 19.3 Å². The highest BCUT2D eigenvalue weighted by Crippen LogP contribution is 2.37. The Labute approximate surface area is 168 Å². The predicted octanol–water partition coefficient (Wildman–Crippen LogP) is 1.60. The number of aromatic nitrogens is 2. The lowest BCUT2D eigenvalue weighted by Gasteiger charge is -2.50. The average molecular weight is 390 g/mol. The minimum Gasteiger partial charge on any atom is -0.375 e. The second-order valence-corrected chi connectivity index (χ2v) is 9.04. The van der Waals surface area contributed by atoms with E-state index >= 15 is 0 Å². The molecule has 3 aliphatic rings. The second-order valence-electron chi connectivity index (χ2n) is 9.04. The Balaban J connectivity index is 1.32. The van der Waals surface area contributed by atoms with E-state index < -0.39 is 0 Å². The fourth-order valence-electron chi connectivity index (χ4n) is 5.11. The molecule has 3 saturated heterocycles. The van der Waals surface area contributed by atoms with Crippen molar-refractivity contribution in [1.29, 1.82) is 0 Å². The van der Waals surface area contributed by atoms with Crippen LogP contribution >= 0.6 is 0 Å². The quantitative estimate of drug-likeness (QED) is 0.786. The molecule has 7 nitrogen and oxygen atoms in total. The number of carbonyl (C=O) groups excluding carboxylic acids is 1. The Kier molecular flexibility index (Phi) is 5.76. The third kappa shape index (κ3) is 4.11. The number of carbonyl (C=O) groups is 1. The molecule has 1 spiro atoms. The van der Waals surface area contributed by atoms with Gasteiger partial charge in [0, 0.05) is 71.2 Å². The maximum atomic E-state index is 12.7. The first-order valence-corrected chi connectivity index (χ1v) is 10.9. The third-order valence-electron chi connectivity index (χ3n) is 6.98. The van der Waals surface area contributed by atoms with Gasteiger partial charge >= 0.3 is 0 Å². The summed E-state index contributed by atoms with van der Waals surface area (Å²) in [6.45, 7) is 11.7. The van der Waals surface area contributed by atoms with Gasteiger partial charge in [-0.1, -0.05) is 0 Å². The van der Waals surface area contributed by atoms with Crippen molar-refractivity contribution in [3.63, 3.8) is 0 Å². The maximum Gasteiger partial charge on any atom is 0.257 e. The number of aryl methyl sites for hydroxylation is 1. The SMILES string of the molecule is CC(C)N1CCN([C@H]2CCOC3(CCN(C(=O)c4cnn(C)c4)CC3)C2)CC1. The zero-order valence-corrected chi connectivity index (χ0v) is 17.6. The molecule has 1 atom stereocenters. The molecule has 3 fully saturated rings. The van der Waals surface area contributed by atoms with Gasteiger partial charge in [-0.2, -0.15) is 5.10 Å². The van der Waals surface area contributed by atoms with Gasteiger partial charge in [-0.05, 0) is 39.5 Å². The summed E-state index contributed by atoms with van der Waals surface area (Å²) in [7, 11) is 1.85. The lowest BCUT2D eigenvalue weighted by molar-refractivity contribution is -0.132. The lowest BCUT2D eigenvalue weighted by Crippen LogP contribution is -2.58. The first kappa shape index (κ1) is 19.9. The molecule has 1 aromatic heterocycles. The highest BCUT2D eigenvalue weighted by Gasteiger charge is 2.43. The van der Waals surface area contributed by atoms with Crippen LogP contribution in [0.2, 0.25) is 0 Å². The molecule has 1 aromatic rings. The van der Waals surface area contributed by atoms with Crippen molar-refractivity contribution >= 4 is 5.91 Å². The van der Waals surface area contributed by atoms with Crippen molar-refractivity contribution in [3.8, 4) is 0 Å². The fourth-order valence-corrected chi connectivity index (χ4v) is 5.11. The predicted molar refractivity (Wildman–Crippen MR) is 108 cm³/mol. The number of hydrogen-bond donors (Lipinski definition) is 0. The molecule has 4 heterocycles. The van der Waals surface area contributed by atoms with Gasteiger partial charge in [0.15, 0.2) is 0 Å². The number of piperazine rings is 1.